The average molecular weight is 382 g/mol. The van der Waals surface area contributed by atoms with E-state index in [1.54, 1.807) is 35.4 Å². The fourth-order valence-electron chi connectivity index (χ4n) is 2.84. The van der Waals surface area contributed by atoms with E-state index in [1.165, 1.54) is 16.8 Å². The minimum absolute atomic E-state index is 0.278. The maximum atomic E-state index is 13.1. The Bertz CT molecular complexity index is 939. The Morgan fingerprint density at radius 3 is 2.64 bits per heavy atom. The first kappa shape index (κ1) is 18.1. The maximum absolute atomic E-state index is 13.1. The van der Waals surface area contributed by atoms with Crippen molar-refractivity contribution >= 4 is 12.0 Å². The molecule has 0 radical (unpaired) electrons. The molecule has 9 heteroatoms. The highest BCUT2D eigenvalue weighted by Crippen LogP contribution is 2.17. The number of aromatic nitrogens is 4. The van der Waals surface area contributed by atoms with Crippen LogP contribution in [0.3, 0.4) is 0 Å². The van der Waals surface area contributed by atoms with Gasteiger partial charge in [-0.2, -0.15) is 4.98 Å². The Balaban J connectivity index is 1.61. The topological polar surface area (TPSA) is 85.2 Å². The molecule has 8 nitrogen and oxygen atoms in total. The van der Waals surface area contributed by atoms with Crippen molar-refractivity contribution in [1.29, 1.82) is 0 Å². The molecule has 4 rings (SSSR count). The van der Waals surface area contributed by atoms with Crippen LogP contribution in [0.25, 0.3) is 11.5 Å². The van der Waals surface area contributed by atoms with Gasteiger partial charge < -0.3 is 15.0 Å². The molecule has 144 valence electrons. The number of benzene rings is 1. The molecule has 1 aliphatic rings. The predicted molar refractivity (Wildman–Crippen MR) is 100 cm³/mol. The predicted octanol–water partition coefficient (Wildman–Crippen LogP) is 2.39. The van der Waals surface area contributed by atoms with Gasteiger partial charge in [-0.1, -0.05) is 18.2 Å². The van der Waals surface area contributed by atoms with E-state index >= 15 is 0 Å². The SMILES string of the molecule is O=C(N1CCOCC1)n1nc(-c2ccccn2)nc1NCc1ccc(F)cc1. The van der Waals surface area contributed by atoms with Gasteiger partial charge in [0.25, 0.3) is 0 Å². The van der Waals surface area contributed by atoms with E-state index in [0.717, 1.165) is 5.56 Å². The molecule has 1 fully saturated rings. The number of carbonyl (C=O) groups is 1. The van der Waals surface area contributed by atoms with Crippen LogP contribution in [-0.4, -0.2) is 57.0 Å². The van der Waals surface area contributed by atoms with E-state index in [-0.39, 0.29) is 11.8 Å². The zero-order valence-electron chi connectivity index (χ0n) is 15.1. The summed E-state index contributed by atoms with van der Waals surface area (Å²) in [6.07, 6.45) is 1.64. The molecule has 2 aromatic heterocycles. The molecule has 1 aliphatic heterocycles. The fraction of sp³-hybridized carbons (Fsp3) is 0.263. The monoisotopic (exact) mass is 382 g/mol. The molecule has 0 saturated carbocycles. The van der Waals surface area contributed by atoms with E-state index in [9.17, 15) is 9.18 Å². The van der Waals surface area contributed by atoms with Crippen LogP contribution in [0.15, 0.2) is 48.7 Å². The number of amides is 1. The Hall–Kier alpha value is -3.33. The van der Waals surface area contributed by atoms with Crippen molar-refractivity contribution < 1.29 is 13.9 Å². The quantitative estimate of drug-likeness (QED) is 0.746. The second-order valence-electron chi connectivity index (χ2n) is 6.25. The number of hydrogen-bond acceptors (Lipinski definition) is 6. The molecule has 1 saturated heterocycles. The third-order valence-corrected chi connectivity index (χ3v) is 4.33. The van der Waals surface area contributed by atoms with Crippen LogP contribution in [0.1, 0.15) is 5.56 Å². The first-order valence-electron chi connectivity index (χ1n) is 8.94. The third-order valence-electron chi connectivity index (χ3n) is 4.33. The zero-order valence-corrected chi connectivity index (χ0v) is 15.1. The summed E-state index contributed by atoms with van der Waals surface area (Å²) in [5.74, 6) is 0.358. The molecule has 1 amide bonds. The third kappa shape index (κ3) is 3.99. The molecule has 1 aromatic carbocycles. The van der Waals surface area contributed by atoms with E-state index in [0.29, 0.717) is 50.3 Å². The summed E-state index contributed by atoms with van der Waals surface area (Å²) in [5.41, 5.74) is 1.43. The minimum Gasteiger partial charge on any atom is -0.378 e. The molecule has 28 heavy (non-hydrogen) atoms. The van der Waals surface area contributed by atoms with Gasteiger partial charge in [0.05, 0.1) is 13.2 Å². The fourth-order valence-corrected chi connectivity index (χ4v) is 2.84. The first-order valence-corrected chi connectivity index (χ1v) is 8.94. The molecular formula is C19H19FN6O2. The standard InChI is InChI=1S/C19H19FN6O2/c20-15-6-4-14(5-7-15)13-22-18-23-17(16-3-1-2-8-21-16)24-26(18)19(27)25-9-11-28-12-10-25/h1-8H,9-13H2,(H,22,23,24). The van der Waals surface area contributed by atoms with E-state index in [1.807, 2.05) is 6.07 Å². The van der Waals surface area contributed by atoms with Gasteiger partial charge in [0.15, 0.2) is 0 Å². The minimum atomic E-state index is -0.299. The lowest BCUT2D eigenvalue weighted by atomic mass is 10.2. The highest BCUT2D eigenvalue weighted by Gasteiger charge is 2.24. The second-order valence-corrected chi connectivity index (χ2v) is 6.25. The average Bonchev–Trinajstić information content (AvgIpc) is 3.18. The largest absolute Gasteiger partial charge is 0.378 e. The smallest absolute Gasteiger partial charge is 0.348 e. The molecule has 0 aliphatic carbocycles. The molecule has 3 aromatic rings. The number of pyridine rings is 1. The number of halogens is 1. The summed E-state index contributed by atoms with van der Waals surface area (Å²) >= 11 is 0. The summed E-state index contributed by atoms with van der Waals surface area (Å²) in [4.78, 5) is 23.3. The number of morpholine rings is 1. The van der Waals surface area contributed by atoms with Crippen LogP contribution in [0, 0.1) is 5.82 Å². The van der Waals surface area contributed by atoms with Crippen LogP contribution in [0.2, 0.25) is 0 Å². The van der Waals surface area contributed by atoms with Crippen molar-refractivity contribution in [2.24, 2.45) is 0 Å². The second kappa shape index (κ2) is 8.13. The van der Waals surface area contributed by atoms with Gasteiger partial charge in [0.2, 0.25) is 11.8 Å². The highest BCUT2D eigenvalue weighted by atomic mass is 19.1. The van der Waals surface area contributed by atoms with Gasteiger partial charge in [-0.15, -0.1) is 9.78 Å². The number of nitrogens with one attached hydrogen (secondary N) is 1. The van der Waals surface area contributed by atoms with Crippen molar-refractivity contribution in [2.45, 2.75) is 6.54 Å². The zero-order chi connectivity index (χ0) is 19.3. The van der Waals surface area contributed by atoms with Crippen molar-refractivity contribution in [3.8, 4) is 11.5 Å². The van der Waals surface area contributed by atoms with Gasteiger partial charge in [0.1, 0.15) is 11.5 Å². The summed E-state index contributed by atoms with van der Waals surface area (Å²) in [5, 5.41) is 7.49. The number of rotatable bonds is 4. The number of carbonyl (C=O) groups excluding carboxylic acids is 1. The number of anilines is 1. The molecular weight excluding hydrogens is 363 g/mol. The lowest BCUT2D eigenvalue weighted by Crippen LogP contribution is -2.43. The normalized spacial score (nSPS) is 14.1. The summed E-state index contributed by atoms with van der Waals surface area (Å²) < 4.78 is 19.7. The molecule has 0 unspecified atom stereocenters. The Labute approximate surface area is 161 Å². The van der Waals surface area contributed by atoms with Crippen molar-refractivity contribution in [3.63, 3.8) is 0 Å². The highest BCUT2D eigenvalue weighted by molar-refractivity contribution is 5.79. The van der Waals surface area contributed by atoms with E-state index in [4.69, 9.17) is 4.74 Å². The number of hydrogen-bond donors (Lipinski definition) is 1. The van der Waals surface area contributed by atoms with Gasteiger partial charge in [0, 0.05) is 25.8 Å². The molecule has 0 atom stereocenters. The van der Waals surface area contributed by atoms with Crippen LogP contribution in [0.4, 0.5) is 15.1 Å². The number of ether oxygens (including phenoxy) is 1. The maximum Gasteiger partial charge on any atom is 0.348 e. The van der Waals surface area contributed by atoms with Gasteiger partial charge in [-0.05, 0) is 29.8 Å². The van der Waals surface area contributed by atoms with Crippen molar-refractivity contribution in [2.75, 3.05) is 31.6 Å². The van der Waals surface area contributed by atoms with E-state index in [2.05, 4.69) is 20.4 Å². The molecule has 3 heterocycles. The Morgan fingerprint density at radius 1 is 1.14 bits per heavy atom. The van der Waals surface area contributed by atoms with Gasteiger partial charge >= 0.3 is 6.03 Å². The summed E-state index contributed by atoms with van der Waals surface area (Å²) in [6.45, 7) is 2.35. The first-order chi connectivity index (χ1) is 13.7. The van der Waals surface area contributed by atoms with E-state index < -0.39 is 0 Å². The van der Waals surface area contributed by atoms with Crippen molar-refractivity contribution in [1.82, 2.24) is 24.6 Å². The molecule has 1 N–H and O–H groups in total. The number of nitrogens with zero attached hydrogens (tertiary/aromatic N) is 5. The van der Waals surface area contributed by atoms with Crippen LogP contribution < -0.4 is 5.32 Å². The van der Waals surface area contributed by atoms with Crippen molar-refractivity contribution in [3.05, 3.63) is 60.0 Å². The lowest BCUT2D eigenvalue weighted by Gasteiger charge is -2.26. The van der Waals surface area contributed by atoms with Gasteiger partial charge in [-0.25, -0.2) is 9.18 Å². The van der Waals surface area contributed by atoms with Gasteiger partial charge in [-0.3, -0.25) is 4.98 Å². The molecule has 0 bridgehead atoms. The molecule has 0 spiro atoms. The van der Waals surface area contributed by atoms with Crippen LogP contribution >= 0.6 is 0 Å². The lowest BCUT2D eigenvalue weighted by molar-refractivity contribution is 0.0530. The van der Waals surface area contributed by atoms with Crippen LogP contribution in [-0.2, 0) is 11.3 Å². The van der Waals surface area contributed by atoms with Crippen LogP contribution in [0.5, 0.6) is 0 Å². The summed E-state index contributed by atoms with van der Waals surface area (Å²) in [7, 11) is 0. The summed E-state index contributed by atoms with van der Waals surface area (Å²) in [6, 6.07) is 11.3. The Morgan fingerprint density at radius 2 is 1.93 bits per heavy atom. The Kier molecular flexibility index (Phi) is 5.24.